The molecule has 2 aromatic rings. The molecule has 0 radical (unpaired) electrons. The van der Waals surface area contributed by atoms with E-state index in [2.05, 4.69) is 22.4 Å². The third-order valence-corrected chi connectivity index (χ3v) is 3.44. The van der Waals surface area contributed by atoms with Gasteiger partial charge in [0.2, 0.25) is 0 Å². The SMILES string of the molecule is COc1ccc2cc(C(C#N)NCCN(C)C)ccc2c1. The molecule has 0 amide bonds. The van der Waals surface area contributed by atoms with E-state index in [1.54, 1.807) is 7.11 Å². The Balaban J connectivity index is 2.18. The lowest BCUT2D eigenvalue weighted by atomic mass is 10.0. The first-order valence-electron chi connectivity index (χ1n) is 6.99. The highest BCUT2D eigenvalue weighted by molar-refractivity contribution is 5.84. The van der Waals surface area contributed by atoms with Crippen LogP contribution in [0.3, 0.4) is 0 Å². The fourth-order valence-electron chi connectivity index (χ4n) is 2.22. The molecule has 21 heavy (non-hydrogen) atoms. The number of hydrogen-bond donors (Lipinski definition) is 1. The Labute approximate surface area is 125 Å². The molecule has 2 rings (SSSR count). The molecule has 0 heterocycles. The molecule has 0 fully saturated rings. The van der Waals surface area contributed by atoms with Crippen LogP contribution < -0.4 is 10.1 Å². The second kappa shape index (κ2) is 7.07. The number of fused-ring (bicyclic) bond motifs is 1. The van der Waals surface area contributed by atoms with Gasteiger partial charge in [-0.3, -0.25) is 5.32 Å². The van der Waals surface area contributed by atoms with Crippen LogP contribution in [0.5, 0.6) is 5.75 Å². The number of methoxy groups -OCH3 is 1. The number of benzene rings is 2. The summed E-state index contributed by atoms with van der Waals surface area (Å²) in [7, 11) is 5.70. The third kappa shape index (κ3) is 3.94. The van der Waals surface area contributed by atoms with Crippen LogP contribution in [0.4, 0.5) is 0 Å². The predicted octanol–water partition coefficient (Wildman–Crippen LogP) is 2.56. The minimum Gasteiger partial charge on any atom is -0.497 e. The number of nitrogens with one attached hydrogen (secondary N) is 1. The smallest absolute Gasteiger partial charge is 0.121 e. The first-order valence-corrected chi connectivity index (χ1v) is 6.99. The van der Waals surface area contributed by atoms with Gasteiger partial charge in [0.15, 0.2) is 0 Å². The van der Waals surface area contributed by atoms with E-state index in [4.69, 9.17) is 4.74 Å². The molecule has 1 N–H and O–H groups in total. The van der Waals surface area contributed by atoms with Crippen molar-refractivity contribution < 1.29 is 4.74 Å². The molecule has 0 saturated heterocycles. The highest BCUT2D eigenvalue weighted by Crippen LogP contribution is 2.24. The zero-order chi connectivity index (χ0) is 15.2. The number of rotatable bonds is 6. The molecule has 0 aliphatic carbocycles. The summed E-state index contributed by atoms with van der Waals surface area (Å²) in [5.74, 6) is 0.844. The number of nitriles is 1. The van der Waals surface area contributed by atoms with Crippen molar-refractivity contribution in [2.45, 2.75) is 6.04 Å². The molecule has 0 saturated carbocycles. The second-order valence-electron chi connectivity index (χ2n) is 5.29. The maximum Gasteiger partial charge on any atom is 0.121 e. The van der Waals surface area contributed by atoms with Gasteiger partial charge in [-0.05, 0) is 48.6 Å². The number of nitrogens with zero attached hydrogens (tertiary/aromatic N) is 2. The average Bonchev–Trinajstić information content (AvgIpc) is 2.50. The van der Waals surface area contributed by atoms with Gasteiger partial charge < -0.3 is 9.64 Å². The van der Waals surface area contributed by atoms with E-state index in [1.165, 1.54) is 0 Å². The van der Waals surface area contributed by atoms with E-state index in [1.807, 2.05) is 44.4 Å². The van der Waals surface area contributed by atoms with Crippen LogP contribution in [-0.2, 0) is 0 Å². The van der Waals surface area contributed by atoms with Crippen molar-refractivity contribution in [2.24, 2.45) is 0 Å². The summed E-state index contributed by atoms with van der Waals surface area (Å²) >= 11 is 0. The summed E-state index contributed by atoms with van der Waals surface area (Å²) < 4.78 is 5.23. The molecule has 110 valence electrons. The van der Waals surface area contributed by atoms with E-state index >= 15 is 0 Å². The van der Waals surface area contributed by atoms with Crippen molar-refractivity contribution in [1.82, 2.24) is 10.2 Å². The van der Waals surface area contributed by atoms with E-state index < -0.39 is 0 Å². The van der Waals surface area contributed by atoms with Crippen molar-refractivity contribution in [3.63, 3.8) is 0 Å². The lowest BCUT2D eigenvalue weighted by Crippen LogP contribution is -2.29. The molecule has 0 spiro atoms. The Kier molecular flexibility index (Phi) is 5.15. The largest absolute Gasteiger partial charge is 0.497 e. The quantitative estimate of drug-likeness (QED) is 0.885. The first kappa shape index (κ1) is 15.3. The maximum absolute atomic E-state index is 9.35. The Morgan fingerprint density at radius 2 is 1.90 bits per heavy atom. The number of hydrogen-bond acceptors (Lipinski definition) is 4. The average molecular weight is 283 g/mol. The fraction of sp³-hybridized carbons (Fsp3) is 0.353. The third-order valence-electron chi connectivity index (χ3n) is 3.44. The van der Waals surface area contributed by atoms with Gasteiger partial charge in [-0.25, -0.2) is 0 Å². The Bertz CT molecular complexity index is 646. The molecule has 1 unspecified atom stereocenters. The Hall–Kier alpha value is -2.09. The van der Waals surface area contributed by atoms with Crippen molar-refractivity contribution >= 4 is 10.8 Å². The zero-order valence-electron chi connectivity index (χ0n) is 12.8. The summed E-state index contributed by atoms with van der Waals surface area (Å²) in [5, 5.41) is 14.9. The van der Waals surface area contributed by atoms with E-state index in [9.17, 15) is 5.26 Å². The Morgan fingerprint density at radius 1 is 1.19 bits per heavy atom. The topological polar surface area (TPSA) is 48.3 Å². The van der Waals surface area contributed by atoms with E-state index in [-0.39, 0.29) is 6.04 Å². The van der Waals surface area contributed by atoms with Gasteiger partial charge in [-0.2, -0.15) is 5.26 Å². The Morgan fingerprint density at radius 3 is 2.57 bits per heavy atom. The van der Waals surface area contributed by atoms with Crippen molar-refractivity contribution in [3.05, 3.63) is 42.0 Å². The molecular weight excluding hydrogens is 262 g/mol. The van der Waals surface area contributed by atoms with Gasteiger partial charge >= 0.3 is 0 Å². The van der Waals surface area contributed by atoms with Crippen LogP contribution >= 0.6 is 0 Å². The van der Waals surface area contributed by atoms with Crippen LogP contribution in [-0.4, -0.2) is 39.2 Å². The van der Waals surface area contributed by atoms with E-state index in [0.29, 0.717) is 0 Å². The molecular formula is C17H21N3O. The minimum absolute atomic E-state index is 0.281. The summed E-state index contributed by atoms with van der Waals surface area (Å²) in [6.07, 6.45) is 0. The van der Waals surface area contributed by atoms with Crippen LogP contribution in [0.1, 0.15) is 11.6 Å². The number of ether oxygens (including phenoxy) is 1. The predicted molar refractivity (Wildman–Crippen MR) is 85.4 cm³/mol. The standard InChI is InChI=1S/C17H21N3O/c1-20(2)9-8-19-17(12-18)15-5-4-14-11-16(21-3)7-6-13(14)10-15/h4-7,10-11,17,19H,8-9H2,1-3H3. The summed E-state index contributed by atoms with van der Waals surface area (Å²) in [4.78, 5) is 2.09. The maximum atomic E-state index is 9.35. The normalized spacial score (nSPS) is 12.3. The van der Waals surface area contributed by atoms with Gasteiger partial charge in [0.05, 0.1) is 13.2 Å². The monoisotopic (exact) mass is 283 g/mol. The van der Waals surface area contributed by atoms with Gasteiger partial charge in [0.25, 0.3) is 0 Å². The van der Waals surface area contributed by atoms with Crippen LogP contribution in [0.15, 0.2) is 36.4 Å². The molecule has 0 aliphatic rings. The highest BCUT2D eigenvalue weighted by Gasteiger charge is 2.10. The van der Waals surface area contributed by atoms with Crippen molar-refractivity contribution in [2.75, 3.05) is 34.3 Å². The zero-order valence-corrected chi connectivity index (χ0v) is 12.8. The van der Waals surface area contributed by atoms with Crippen LogP contribution in [0, 0.1) is 11.3 Å². The molecule has 1 atom stereocenters. The summed E-state index contributed by atoms with van der Waals surface area (Å²) in [5.41, 5.74) is 0.994. The van der Waals surface area contributed by atoms with Crippen molar-refractivity contribution in [1.29, 1.82) is 5.26 Å². The summed E-state index contributed by atoms with van der Waals surface area (Å²) in [6.45, 7) is 1.69. The molecule has 0 bridgehead atoms. The van der Waals surface area contributed by atoms with Crippen LogP contribution in [0.2, 0.25) is 0 Å². The lowest BCUT2D eigenvalue weighted by Gasteiger charge is -2.15. The molecule has 4 heteroatoms. The minimum atomic E-state index is -0.281. The molecule has 0 aromatic heterocycles. The van der Waals surface area contributed by atoms with Gasteiger partial charge in [-0.15, -0.1) is 0 Å². The second-order valence-corrected chi connectivity index (χ2v) is 5.29. The highest BCUT2D eigenvalue weighted by atomic mass is 16.5. The lowest BCUT2D eigenvalue weighted by molar-refractivity contribution is 0.395. The van der Waals surface area contributed by atoms with Gasteiger partial charge in [0.1, 0.15) is 11.8 Å². The molecule has 2 aromatic carbocycles. The molecule has 0 aliphatic heterocycles. The fourth-order valence-corrected chi connectivity index (χ4v) is 2.22. The van der Waals surface area contributed by atoms with Gasteiger partial charge in [-0.1, -0.05) is 18.2 Å². The number of likely N-dealkylation sites (N-methyl/N-ethyl adjacent to an activating group) is 1. The van der Waals surface area contributed by atoms with E-state index in [0.717, 1.165) is 35.2 Å². The van der Waals surface area contributed by atoms with Crippen molar-refractivity contribution in [3.8, 4) is 11.8 Å². The first-order chi connectivity index (χ1) is 10.1. The van der Waals surface area contributed by atoms with Gasteiger partial charge in [0, 0.05) is 13.1 Å². The van der Waals surface area contributed by atoms with Crippen LogP contribution in [0.25, 0.3) is 10.8 Å². The summed E-state index contributed by atoms with van der Waals surface area (Å²) in [6, 6.07) is 14.1. The molecule has 4 nitrogen and oxygen atoms in total.